The number of para-hydroxylation sites is 1. The topological polar surface area (TPSA) is 110 Å². The Kier molecular flexibility index (Phi) is 3.45. The van der Waals surface area contributed by atoms with E-state index in [0.29, 0.717) is 10.7 Å². The molecule has 96 valence electrons. The fourth-order valence-corrected chi connectivity index (χ4v) is 3.32. The number of nitrogen functional groups attached to an aromatic ring is 1. The summed E-state index contributed by atoms with van der Waals surface area (Å²) in [5, 5.41) is 8.35. The molecular formula is C9H11N5O2S2. The molecule has 0 fully saturated rings. The Morgan fingerprint density at radius 1 is 1.28 bits per heavy atom. The number of sulfonamides is 1. The predicted octanol–water partition coefficient (Wildman–Crippen LogP) is 0.933. The Labute approximate surface area is 108 Å². The molecular weight excluding hydrogens is 274 g/mol. The van der Waals surface area contributed by atoms with Gasteiger partial charge in [-0.2, -0.15) is 0 Å². The van der Waals surface area contributed by atoms with Crippen molar-refractivity contribution in [1.29, 1.82) is 0 Å². The van der Waals surface area contributed by atoms with Gasteiger partial charge in [0.25, 0.3) is 10.0 Å². The van der Waals surface area contributed by atoms with Crippen LogP contribution >= 0.6 is 11.3 Å². The van der Waals surface area contributed by atoms with Gasteiger partial charge in [-0.15, -0.1) is 10.2 Å². The van der Waals surface area contributed by atoms with Crippen LogP contribution in [0.3, 0.4) is 0 Å². The maximum atomic E-state index is 12.1. The van der Waals surface area contributed by atoms with E-state index in [1.165, 1.54) is 6.07 Å². The molecule has 0 bridgehead atoms. The van der Waals surface area contributed by atoms with Crippen LogP contribution in [0.5, 0.6) is 0 Å². The highest BCUT2D eigenvalue weighted by Gasteiger charge is 2.19. The molecule has 1 aromatic carbocycles. The number of nitrogens with zero attached hydrogens (tertiary/aromatic N) is 2. The molecule has 4 N–H and O–H groups in total. The van der Waals surface area contributed by atoms with Crippen LogP contribution in [0.2, 0.25) is 0 Å². The smallest absolute Gasteiger partial charge is 0.265 e. The molecule has 1 aromatic heterocycles. The van der Waals surface area contributed by atoms with Gasteiger partial charge in [0.05, 0.1) is 5.69 Å². The molecule has 0 aliphatic carbocycles. The zero-order valence-corrected chi connectivity index (χ0v) is 11.0. The number of hydrogen-bond acceptors (Lipinski definition) is 7. The van der Waals surface area contributed by atoms with E-state index in [4.69, 9.17) is 5.84 Å². The highest BCUT2D eigenvalue weighted by Crippen LogP contribution is 2.24. The van der Waals surface area contributed by atoms with Gasteiger partial charge in [0.2, 0.25) is 5.13 Å². The fourth-order valence-electron chi connectivity index (χ4n) is 1.33. The maximum Gasteiger partial charge on any atom is 0.265 e. The Balaban J connectivity index is 2.36. The van der Waals surface area contributed by atoms with E-state index in [1.54, 1.807) is 25.1 Å². The number of benzene rings is 1. The second-order valence-electron chi connectivity index (χ2n) is 3.37. The van der Waals surface area contributed by atoms with E-state index in [0.717, 1.165) is 11.3 Å². The fraction of sp³-hybridized carbons (Fsp3) is 0.111. The lowest BCUT2D eigenvalue weighted by molar-refractivity contribution is 0.601. The maximum absolute atomic E-state index is 12.1. The third-order valence-electron chi connectivity index (χ3n) is 2.08. The van der Waals surface area contributed by atoms with Crippen molar-refractivity contribution in [3.8, 4) is 0 Å². The summed E-state index contributed by atoms with van der Waals surface area (Å²) in [6.45, 7) is 1.74. The SMILES string of the molecule is Cc1nnc(NS(=O)(=O)c2ccccc2NN)s1. The molecule has 9 heteroatoms. The van der Waals surface area contributed by atoms with Crippen LogP contribution in [0.4, 0.5) is 10.8 Å². The van der Waals surface area contributed by atoms with E-state index < -0.39 is 10.0 Å². The zero-order chi connectivity index (χ0) is 13.2. The minimum absolute atomic E-state index is 0.0559. The van der Waals surface area contributed by atoms with Crippen molar-refractivity contribution in [2.24, 2.45) is 5.84 Å². The predicted molar refractivity (Wildman–Crippen MR) is 69.7 cm³/mol. The summed E-state index contributed by atoms with van der Waals surface area (Å²) in [6.07, 6.45) is 0. The van der Waals surface area contributed by atoms with Crippen LogP contribution in [0.1, 0.15) is 5.01 Å². The van der Waals surface area contributed by atoms with Gasteiger partial charge in [-0.25, -0.2) is 8.42 Å². The van der Waals surface area contributed by atoms with E-state index in [1.807, 2.05) is 0 Å². The van der Waals surface area contributed by atoms with Crippen LogP contribution in [-0.2, 0) is 10.0 Å². The van der Waals surface area contributed by atoms with Crippen LogP contribution in [0.15, 0.2) is 29.2 Å². The van der Waals surface area contributed by atoms with E-state index in [2.05, 4.69) is 20.3 Å². The second kappa shape index (κ2) is 4.88. The Bertz CT molecular complexity index is 652. The monoisotopic (exact) mass is 285 g/mol. The molecule has 7 nitrogen and oxygen atoms in total. The first kappa shape index (κ1) is 12.7. The number of hydrogen-bond donors (Lipinski definition) is 3. The summed E-state index contributed by atoms with van der Waals surface area (Å²) in [5.74, 6) is 5.28. The van der Waals surface area contributed by atoms with Crippen molar-refractivity contribution in [3.05, 3.63) is 29.3 Å². The Morgan fingerprint density at radius 3 is 2.61 bits per heavy atom. The lowest BCUT2D eigenvalue weighted by Crippen LogP contribution is -2.17. The summed E-state index contributed by atoms with van der Waals surface area (Å²) in [4.78, 5) is 0.0559. The highest BCUT2D eigenvalue weighted by molar-refractivity contribution is 7.93. The first-order valence-electron chi connectivity index (χ1n) is 4.91. The molecule has 0 aliphatic rings. The summed E-state index contributed by atoms with van der Waals surface area (Å²) >= 11 is 1.16. The lowest BCUT2D eigenvalue weighted by Gasteiger charge is -2.09. The van der Waals surface area contributed by atoms with Gasteiger partial charge in [0.1, 0.15) is 9.90 Å². The van der Waals surface area contributed by atoms with Gasteiger partial charge >= 0.3 is 0 Å². The second-order valence-corrected chi connectivity index (χ2v) is 6.20. The molecule has 0 saturated carbocycles. The van der Waals surface area contributed by atoms with Crippen molar-refractivity contribution in [2.75, 3.05) is 10.1 Å². The van der Waals surface area contributed by atoms with Crippen LogP contribution in [0.25, 0.3) is 0 Å². The summed E-state index contributed by atoms with van der Waals surface area (Å²) in [6, 6.07) is 6.31. The third kappa shape index (κ3) is 2.58. The Morgan fingerprint density at radius 2 is 2.00 bits per heavy atom. The Hall–Kier alpha value is -1.71. The van der Waals surface area contributed by atoms with Crippen molar-refractivity contribution in [3.63, 3.8) is 0 Å². The van der Waals surface area contributed by atoms with Crippen LogP contribution < -0.4 is 16.0 Å². The molecule has 1 heterocycles. The van der Waals surface area contributed by atoms with Gasteiger partial charge in [0, 0.05) is 0 Å². The van der Waals surface area contributed by atoms with Gasteiger partial charge in [-0.3, -0.25) is 10.6 Å². The standard InChI is InChI=1S/C9H11N5O2S2/c1-6-12-13-9(17-6)14-18(15,16)8-5-3-2-4-7(8)11-10/h2-5,11H,10H2,1H3,(H,13,14). The number of anilines is 2. The first-order chi connectivity index (χ1) is 8.53. The quantitative estimate of drug-likeness (QED) is 0.569. The molecule has 0 amide bonds. The van der Waals surface area contributed by atoms with Gasteiger partial charge in [-0.1, -0.05) is 23.5 Å². The normalized spacial score (nSPS) is 11.2. The average molecular weight is 285 g/mol. The third-order valence-corrected chi connectivity index (χ3v) is 4.36. The number of nitrogens with two attached hydrogens (primary N) is 1. The van der Waals surface area contributed by atoms with Crippen LogP contribution in [0, 0.1) is 6.92 Å². The van der Waals surface area contributed by atoms with E-state index in [9.17, 15) is 8.42 Å². The van der Waals surface area contributed by atoms with Gasteiger partial charge in [-0.05, 0) is 19.1 Å². The molecule has 0 saturated heterocycles. The molecule has 18 heavy (non-hydrogen) atoms. The largest absolute Gasteiger partial charge is 0.323 e. The molecule has 0 atom stereocenters. The lowest BCUT2D eigenvalue weighted by atomic mass is 10.3. The number of hydrazine groups is 1. The van der Waals surface area contributed by atoms with Crippen molar-refractivity contribution < 1.29 is 8.42 Å². The first-order valence-corrected chi connectivity index (χ1v) is 7.21. The number of aromatic nitrogens is 2. The minimum atomic E-state index is -3.73. The molecule has 0 radical (unpaired) electrons. The number of rotatable bonds is 4. The summed E-state index contributed by atoms with van der Waals surface area (Å²) < 4.78 is 26.6. The number of aryl methyl sites for hydroxylation is 1. The zero-order valence-electron chi connectivity index (χ0n) is 9.41. The summed E-state index contributed by atoms with van der Waals surface area (Å²) in [5.41, 5.74) is 2.65. The highest BCUT2D eigenvalue weighted by atomic mass is 32.2. The van der Waals surface area contributed by atoms with Crippen LogP contribution in [-0.4, -0.2) is 18.6 Å². The van der Waals surface area contributed by atoms with E-state index in [-0.39, 0.29) is 10.0 Å². The van der Waals surface area contributed by atoms with Gasteiger partial charge < -0.3 is 5.43 Å². The average Bonchev–Trinajstić information content (AvgIpc) is 2.74. The molecule has 0 spiro atoms. The molecule has 2 rings (SSSR count). The molecule has 2 aromatic rings. The van der Waals surface area contributed by atoms with Gasteiger partial charge in [0.15, 0.2) is 0 Å². The molecule has 0 unspecified atom stereocenters. The summed E-state index contributed by atoms with van der Waals surface area (Å²) in [7, 11) is -3.73. The van der Waals surface area contributed by atoms with Crippen molar-refractivity contribution in [1.82, 2.24) is 10.2 Å². The molecule has 0 aliphatic heterocycles. The van der Waals surface area contributed by atoms with E-state index >= 15 is 0 Å². The number of nitrogens with one attached hydrogen (secondary N) is 2. The van der Waals surface area contributed by atoms with Crippen molar-refractivity contribution in [2.45, 2.75) is 11.8 Å². The van der Waals surface area contributed by atoms with Crippen molar-refractivity contribution >= 4 is 32.2 Å². The minimum Gasteiger partial charge on any atom is -0.323 e.